The average molecular weight is 264 g/mol. The van der Waals surface area contributed by atoms with Crippen LogP contribution in [0.4, 0.5) is 17.6 Å². The van der Waals surface area contributed by atoms with Crippen molar-refractivity contribution in [3.05, 3.63) is 23.8 Å². The van der Waals surface area contributed by atoms with Gasteiger partial charge in [-0.25, -0.2) is 13.4 Å². The summed E-state index contributed by atoms with van der Waals surface area (Å²) in [7, 11) is 0.347. The number of aromatic nitrogens is 1. The molecule has 0 fully saturated rings. The molecule has 1 heterocycles. The van der Waals surface area contributed by atoms with E-state index in [1.165, 1.54) is 0 Å². The SMILES string of the molecule is O=S(=O)(Cl)c1cc(F)nc(C(F)(F)F)c1. The lowest BCUT2D eigenvalue weighted by Crippen LogP contribution is -2.10. The molecule has 0 radical (unpaired) electrons. The standard InChI is InChI=1S/C6H2ClF4NO2S/c7-15(13,14)3-1-4(6(9,10)11)12-5(8)2-3/h1-2H. The van der Waals surface area contributed by atoms with E-state index < -0.39 is 31.8 Å². The maximum atomic E-state index is 12.6. The van der Waals surface area contributed by atoms with Gasteiger partial charge >= 0.3 is 6.18 Å². The van der Waals surface area contributed by atoms with Gasteiger partial charge in [-0.1, -0.05) is 0 Å². The Labute approximate surface area is 86.1 Å². The molecule has 1 aromatic heterocycles. The molecule has 0 aliphatic rings. The number of pyridine rings is 1. The molecule has 0 N–H and O–H groups in total. The number of hydrogen-bond donors (Lipinski definition) is 0. The third-order valence-corrected chi connectivity index (χ3v) is 2.67. The van der Waals surface area contributed by atoms with Crippen molar-refractivity contribution in [2.45, 2.75) is 11.1 Å². The number of hydrogen-bond acceptors (Lipinski definition) is 3. The molecule has 0 aliphatic carbocycles. The second-order valence-electron chi connectivity index (χ2n) is 2.45. The van der Waals surface area contributed by atoms with Crippen molar-refractivity contribution in [3.8, 4) is 0 Å². The molecule has 0 saturated heterocycles. The van der Waals surface area contributed by atoms with Crippen molar-refractivity contribution in [1.29, 1.82) is 0 Å². The first-order valence-corrected chi connectivity index (χ1v) is 5.61. The molecule has 1 rings (SSSR count). The van der Waals surface area contributed by atoms with Crippen LogP contribution in [0.15, 0.2) is 17.0 Å². The lowest BCUT2D eigenvalue weighted by Gasteiger charge is -2.06. The van der Waals surface area contributed by atoms with Crippen molar-refractivity contribution < 1.29 is 26.0 Å². The van der Waals surface area contributed by atoms with Crippen LogP contribution in [-0.4, -0.2) is 13.4 Å². The second kappa shape index (κ2) is 3.60. The predicted octanol–water partition coefficient (Wildman–Crippen LogP) is 2.17. The Morgan fingerprint density at radius 2 is 1.80 bits per heavy atom. The molecule has 84 valence electrons. The third kappa shape index (κ3) is 3.03. The van der Waals surface area contributed by atoms with Gasteiger partial charge in [0, 0.05) is 16.7 Å². The van der Waals surface area contributed by atoms with Crippen molar-refractivity contribution in [3.63, 3.8) is 0 Å². The molecule has 9 heteroatoms. The largest absolute Gasteiger partial charge is 0.433 e. The summed E-state index contributed by atoms with van der Waals surface area (Å²) >= 11 is 0. The van der Waals surface area contributed by atoms with Crippen LogP contribution in [-0.2, 0) is 15.2 Å². The predicted molar refractivity (Wildman–Crippen MR) is 42.2 cm³/mol. The molecule has 0 amide bonds. The van der Waals surface area contributed by atoms with Crippen LogP contribution in [0.2, 0.25) is 0 Å². The van der Waals surface area contributed by atoms with Gasteiger partial charge in [-0.05, 0) is 6.07 Å². The first-order valence-electron chi connectivity index (χ1n) is 3.30. The molecular formula is C6H2ClF4NO2S. The van der Waals surface area contributed by atoms with Gasteiger partial charge in [0.15, 0.2) is 0 Å². The van der Waals surface area contributed by atoms with Crippen LogP contribution in [0.3, 0.4) is 0 Å². The maximum Gasteiger partial charge on any atom is 0.433 e. The minimum atomic E-state index is -4.93. The van der Waals surface area contributed by atoms with Crippen LogP contribution in [0.1, 0.15) is 5.69 Å². The molecule has 0 aromatic carbocycles. The molecule has 0 saturated carbocycles. The highest BCUT2D eigenvalue weighted by molar-refractivity contribution is 8.13. The highest BCUT2D eigenvalue weighted by atomic mass is 35.7. The van der Waals surface area contributed by atoms with E-state index in [1.54, 1.807) is 0 Å². The average Bonchev–Trinajstić information content (AvgIpc) is 1.99. The van der Waals surface area contributed by atoms with E-state index in [2.05, 4.69) is 4.98 Å². The number of alkyl halides is 3. The van der Waals surface area contributed by atoms with Crippen molar-refractivity contribution in [2.75, 3.05) is 0 Å². The third-order valence-electron chi connectivity index (χ3n) is 1.34. The number of nitrogens with zero attached hydrogens (tertiary/aromatic N) is 1. The van der Waals surface area contributed by atoms with E-state index in [1.807, 2.05) is 0 Å². The van der Waals surface area contributed by atoms with Gasteiger partial charge < -0.3 is 0 Å². The topological polar surface area (TPSA) is 47.0 Å². The summed E-state index contributed by atoms with van der Waals surface area (Å²) in [6.45, 7) is 0. The Balaban J connectivity index is 3.43. The van der Waals surface area contributed by atoms with Crippen molar-refractivity contribution in [1.82, 2.24) is 4.98 Å². The summed E-state index contributed by atoms with van der Waals surface area (Å²) in [6.07, 6.45) is -4.93. The minimum absolute atomic E-state index is 0.158. The fraction of sp³-hybridized carbons (Fsp3) is 0.167. The monoisotopic (exact) mass is 263 g/mol. The molecule has 0 aliphatic heterocycles. The van der Waals surface area contributed by atoms with Crippen molar-refractivity contribution >= 4 is 19.7 Å². The fourth-order valence-corrected chi connectivity index (χ4v) is 1.52. The number of halogens is 5. The van der Waals surface area contributed by atoms with Crippen LogP contribution < -0.4 is 0 Å². The molecule has 0 atom stereocenters. The summed E-state index contributed by atoms with van der Waals surface area (Å²) in [5, 5.41) is 0. The van der Waals surface area contributed by atoms with E-state index in [0.29, 0.717) is 6.07 Å². The highest BCUT2D eigenvalue weighted by Crippen LogP contribution is 2.29. The van der Waals surface area contributed by atoms with Gasteiger partial charge in [0.05, 0.1) is 4.90 Å². The van der Waals surface area contributed by atoms with Crippen LogP contribution in [0, 0.1) is 5.95 Å². The Kier molecular flexibility index (Phi) is 2.92. The van der Waals surface area contributed by atoms with Gasteiger partial charge in [0.1, 0.15) is 5.69 Å². The molecule has 0 unspecified atom stereocenters. The normalized spacial score (nSPS) is 12.9. The quantitative estimate of drug-likeness (QED) is 0.443. The van der Waals surface area contributed by atoms with Crippen LogP contribution in [0.25, 0.3) is 0 Å². The first-order chi connectivity index (χ1) is 6.60. The summed E-state index contributed by atoms with van der Waals surface area (Å²) in [6, 6.07) is 0.461. The van der Waals surface area contributed by atoms with E-state index in [4.69, 9.17) is 10.7 Å². The maximum absolute atomic E-state index is 12.6. The summed E-state index contributed by atoms with van der Waals surface area (Å²) in [5.41, 5.74) is -1.65. The lowest BCUT2D eigenvalue weighted by molar-refractivity contribution is -0.141. The number of rotatable bonds is 1. The van der Waals surface area contributed by atoms with Gasteiger partial charge in [0.2, 0.25) is 5.95 Å². The Bertz CT molecular complexity index is 484. The molecular weight excluding hydrogens is 262 g/mol. The van der Waals surface area contributed by atoms with E-state index in [9.17, 15) is 26.0 Å². The lowest BCUT2D eigenvalue weighted by atomic mass is 10.3. The summed E-state index contributed by atoms with van der Waals surface area (Å²) in [5.74, 6) is -1.57. The van der Waals surface area contributed by atoms with Gasteiger partial charge in [-0.2, -0.15) is 17.6 Å². The summed E-state index contributed by atoms with van der Waals surface area (Å²) in [4.78, 5) is 1.52. The van der Waals surface area contributed by atoms with E-state index >= 15 is 0 Å². The zero-order chi connectivity index (χ0) is 11.9. The first kappa shape index (κ1) is 12.2. The highest BCUT2D eigenvalue weighted by Gasteiger charge is 2.34. The van der Waals surface area contributed by atoms with Crippen molar-refractivity contribution in [2.24, 2.45) is 0 Å². The summed E-state index contributed by atoms with van der Waals surface area (Å²) < 4.78 is 70.1. The molecule has 0 spiro atoms. The van der Waals surface area contributed by atoms with E-state index in [0.717, 1.165) is 0 Å². The molecule has 3 nitrogen and oxygen atoms in total. The second-order valence-corrected chi connectivity index (χ2v) is 5.01. The van der Waals surface area contributed by atoms with Crippen LogP contribution in [0.5, 0.6) is 0 Å². The smallest absolute Gasteiger partial charge is 0.215 e. The Morgan fingerprint density at radius 1 is 1.27 bits per heavy atom. The fourth-order valence-electron chi connectivity index (χ4n) is 0.759. The van der Waals surface area contributed by atoms with Crippen LogP contribution >= 0.6 is 10.7 Å². The Morgan fingerprint density at radius 3 is 2.20 bits per heavy atom. The molecule has 1 aromatic rings. The minimum Gasteiger partial charge on any atom is -0.215 e. The Hall–Kier alpha value is -0.890. The zero-order valence-electron chi connectivity index (χ0n) is 6.72. The van der Waals surface area contributed by atoms with Gasteiger partial charge in [-0.15, -0.1) is 0 Å². The zero-order valence-corrected chi connectivity index (χ0v) is 8.29. The van der Waals surface area contributed by atoms with Gasteiger partial charge in [0.25, 0.3) is 9.05 Å². The van der Waals surface area contributed by atoms with E-state index in [-0.39, 0.29) is 6.07 Å². The molecule has 15 heavy (non-hydrogen) atoms. The van der Waals surface area contributed by atoms with Gasteiger partial charge in [-0.3, -0.25) is 0 Å². The molecule has 0 bridgehead atoms.